The number of hydrogen-bond donors (Lipinski definition) is 7. The summed E-state index contributed by atoms with van der Waals surface area (Å²) in [4.78, 5) is 99.6. The lowest BCUT2D eigenvalue weighted by Gasteiger charge is -2.34. The SMILES string of the molecule is CC[C@H](C)[C@H](NC(=O)[C@H](CCC(N)=O)NC(=O)[C@@H]1CCCN1C(=O)[C@@H](N)CCCN=C(N)N)C(=O)N1CCC[C@H]1C(=O)N1CCC[C@H]1C(=O)O. The van der Waals surface area contributed by atoms with Gasteiger partial charge in [-0.15, -0.1) is 0 Å². The van der Waals surface area contributed by atoms with E-state index in [9.17, 15) is 38.7 Å². The van der Waals surface area contributed by atoms with Crippen LogP contribution in [0.1, 0.15) is 84.5 Å². The van der Waals surface area contributed by atoms with E-state index in [1.54, 1.807) is 6.92 Å². The molecule has 0 unspecified atom stereocenters. The van der Waals surface area contributed by atoms with E-state index in [-0.39, 0.29) is 44.2 Å². The Morgan fingerprint density at radius 3 is 1.98 bits per heavy atom. The van der Waals surface area contributed by atoms with Gasteiger partial charge in [0.2, 0.25) is 35.4 Å². The second-order valence-electron chi connectivity index (χ2n) is 13.4. The Morgan fingerprint density at radius 2 is 1.40 bits per heavy atom. The van der Waals surface area contributed by atoms with E-state index in [1.807, 2.05) is 6.92 Å². The molecule has 3 heterocycles. The number of hydrogen-bond acceptors (Lipinski definition) is 9. The van der Waals surface area contributed by atoms with Gasteiger partial charge in [-0.05, 0) is 63.7 Å². The van der Waals surface area contributed by atoms with Crippen molar-refractivity contribution in [3.8, 4) is 0 Å². The molecular formula is C32H54N10O8. The van der Waals surface area contributed by atoms with Crippen LogP contribution in [0.5, 0.6) is 0 Å². The third kappa shape index (κ3) is 10.3. The minimum Gasteiger partial charge on any atom is -0.480 e. The van der Waals surface area contributed by atoms with Crippen LogP contribution < -0.4 is 33.6 Å². The molecule has 3 fully saturated rings. The van der Waals surface area contributed by atoms with Gasteiger partial charge in [-0.3, -0.25) is 33.8 Å². The number of nitrogens with two attached hydrogens (primary N) is 4. The summed E-state index contributed by atoms with van der Waals surface area (Å²) in [6, 6.07) is -5.95. The molecule has 0 aliphatic carbocycles. The quantitative estimate of drug-likeness (QED) is 0.0480. The fourth-order valence-electron chi connectivity index (χ4n) is 6.86. The number of likely N-dealkylation sites (tertiary alicyclic amines) is 3. The molecule has 0 aromatic heterocycles. The zero-order chi connectivity index (χ0) is 37.1. The average molecular weight is 707 g/mol. The Kier molecular flexibility index (Phi) is 14.8. The first-order chi connectivity index (χ1) is 23.7. The van der Waals surface area contributed by atoms with E-state index in [4.69, 9.17) is 22.9 Å². The molecule has 0 bridgehead atoms. The van der Waals surface area contributed by atoms with Gasteiger partial charge >= 0.3 is 5.97 Å². The zero-order valence-electron chi connectivity index (χ0n) is 29.1. The summed E-state index contributed by atoms with van der Waals surface area (Å²) in [7, 11) is 0. The van der Waals surface area contributed by atoms with Crippen LogP contribution in [-0.4, -0.2) is 130 Å². The van der Waals surface area contributed by atoms with Crippen LogP contribution in [0.4, 0.5) is 0 Å². The summed E-state index contributed by atoms with van der Waals surface area (Å²) in [5.74, 6) is -4.91. The first-order valence-corrected chi connectivity index (χ1v) is 17.5. The third-order valence-corrected chi connectivity index (χ3v) is 9.85. The number of carbonyl (C=O) groups excluding carboxylic acids is 6. The van der Waals surface area contributed by atoms with Crippen LogP contribution in [0.25, 0.3) is 0 Å². The van der Waals surface area contributed by atoms with Crippen LogP contribution in [0.15, 0.2) is 4.99 Å². The normalized spacial score (nSPS) is 22.7. The molecule has 0 aromatic rings. The van der Waals surface area contributed by atoms with E-state index in [0.717, 1.165) is 0 Å². The molecule has 3 rings (SSSR count). The molecule has 3 saturated heterocycles. The average Bonchev–Trinajstić information content (AvgIpc) is 3.87. The van der Waals surface area contributed by atoms with Crippen LogP contribution >= 0.6 is 0 Å². The van der Waals surface area contributed by atoms with Gasteiger partial charge in [-0.2, -0.15) is 0 Å². The number of nitrogens with zero attached hydrogens (tertiary/aromatic N) is 4. The molecule has 6 amide bonds. The van der Waals surface area contributed by atoms with Gasteiger partial charge in [-0.25, -0.2) is 4.79 Å². The first kappa shape index (κ1) is 40.0. The largest absolute Gasteiger partial charge is 0.480 e. The van der Waals surface area contributed by atoms with E-state index in [1.165, 1.54) is 14.7 Å². The van der Waals surface area contributed by atoms with Gasteiger partial charge < -0.3 is 53.4 Å². The van der Waals surface area contributed by atoms with Crippen molar-refractivity contribution < 1.29 is 38.7 Å². The van der Waals surface area contributed by atoms with Crippen LogP contribution in [0.2, 0.25) is 0 Å². The lowest BCUT2D eigenvalue weighted by Crippen LogP contribution is -2.60. The summed E-state index contributed by atoms with van der Waals surface area (Å²) in [6.07, 6.45) is 3.48. The van der Waals surface area contributed by atoms with E-state index in [0.29, 0.717) is 64.5 Å². The molecule has 280 valence electrons. The molecule has 7 atom stereocenters. The second-order valence-corrected chi connectivity index (χ2v) is 13.4. The molecule has 0 spiro atoms. The number of primary amides is 1. The van der Waals surface area contributed by atoms with Gasteiger partial charge in [-0.1, -0.05) is 20.3 Å². The Labute approximate surface area is 292 Å². The number of carbonyl (C=O) groups is 7. The van der Waals surface area contributed by atoms with Crippen molar-refractivity contribution in [2.24, 2.45) is 33.8 Å². The minimum absolute atomic E-state index is 0.0699. The van der Waals surface area contributed by atoms with Gasteiger partial charge in [0.1, 0.15) is 30.2 Å². The fourth-order valence-corrected chi connectivity index (χ4v) is 6.86. The molecule has 11 N–H and O–H groups in total. The topological polar surface area (TPSA) is 290 Å². The van der Waals surface area contributed by atoms with Crippen LogP contribution in [-0.2, 0) is 33.6 Å². The highest BCUT2D eigenvalue weighted by Gasteiger charge is 2.45. The maximum Gasteiger partial charge on any atom is 0.326 e. The number of rotatable bonds is 17. The van der Waals surface area contributed by atoms with E-state index in [2.05, 4.69) is 15.6 Å². The predicted molar refractivity (Wildman–Crippen MR) is 181 cm³/mol. The van der Waals surface area contributed by atoms with E-state index < -0.39 is 77.7 Å². The summed E-state index contributed by atoms with van der Waals surface area (Å²) >= 11 is 0. The number of guanidine groups is 1. The standard InChI is InChI=1S/C32H54N10O8/c1-3-18(2)25(30(48)41-16-6-10-22(41)29(47)42-17-7-11-23(42)31(49)50)39-26(44)20(12-13-24(34)43)38-27(45)21-9-5-15-40(21)28(46)19(33)8-4-14-37-32(35)36/h18-23,25H,3-17,33H2,1-2H3,(H2,34,43)(H,38,45)(H,39,44)(H,49,50)(H4,35,36,37)/t18-,19-,20-,21-,22-,23-,25-/m0/s1. The molecule has 0 saturated carbocycles. The van der Waals surface area contributed by atoms with Crippen molar-refractivity contribution in [2.75, 3.05) is 26.2 Å². The van der Waals surface area contributed by atoms with E-state index >= 15 is 0 Å². The number of aliphatic imine (C=N–C) groups is 1. The van der Waals surface area contributed by atoms with Gasteiger partial charge in [0.25, 0.3) is 0 Å². The van der Waals surface area contributed by atoms with Crippen molar-refractivity contribution in [2.45, 2.75) is 121 Å². The smallest absolute Gasteiger partial charge is 0.326 e. The summed E-state index contributed by atoms with van der Waals surface area (Å²) in [6.45, 7) is 4.75. The Hall–Kier alpha value is -4.48. The minimum atomic E-state index is -1.27. The molecule has 3 aliphatic heterocycles. The first-order valence-electron chi connectivity index (χ1n) is 17.5. The van der Waals surface area contributed by atoms with Gasteiger partial charge in [0.05, 0.1) is 6.04 Å². The number of amides is 6. The highest BCUT2D eigenvalue weighted by molar-refractivity contribution is 5.97. The predicted octanol–water partition coefficient (Wildman–Crippen LogP) is -2.29. The molecule has 3 aliphatic rings. The van der Waals surface area contributed by atoms with Crippen LogP contribution in [0, 0.1) is 5.92 Å². The second kappa shape index (κ2) is 18.5. The van der Waals surface area contributed by atoms with Gasteiger partial charge in [0.15, 0.2) is 5.96 Å². The summed E-state index contributed by atoms with van der Waals surface area (Å²) < 4.78 is 0. The number of aliphatic carboxylic acids is 1. The molecule has 18 heteroatoms. The van der Waals surface area contributed by atoms with Crippen molar-refractivity contribution in [3.05, 3.63) is 0 Å². The van der Waals surface area contributed by atoms with Crippen LogP contribution in [0.3, 0.4) is 0 Å². The summed E-state index contributed by atoms with van der Waals surface area (Å²) in [5.41, 5.74) is 22.2. The lowest BCUT2D eigenvalue weighted by atomic mass is 9.96. The maximum absolute atomic E-state index is 14.0. The third-order valence-electron chi connectivity index (χ3n) is 9.85. The monoisotopic (exact) mass is 706 g/mol. The number of carboxylic acids is 1. The lowest BCUT2D eigenvalue weighted by molar-refractivity contribution is -0.152. The zero-order valence-corrected chi connectivity index (χ0v) is 29.1. The molecular weight excluding hydrogens is 652 g/mol. The van der Waals surface area contributed by atoms with Crippen molar-refractivity contribution in [1.29, 1.82) is 0 Å². The molecule has 0 radical (unpaired) electrons. The molecule has 18 nitrogen and oxygen atoms in total. The van der Waals surface area contributed by atoms with Crippen molar-refractivity contribution in [3.63, 3.8) is 0 Å². The Morgan fingerprint density at radius 1 is 0.820 bits per heavy atom. The molecule has 0 aromatic carbocycles. The van der Waals surface area contributed by atoms with Crippen molar-refractivity contribution >= 4 is 47.4 Å². The van der Waals surface area contributed by atoms with Gasteiger partial charge in [0, 0.05) is 32.6 Å². The summed E-state index contributed by atoms with van der Waals surface area (Å²) in [5, 5.41) is 15.0. The maximum atomic E-state index is 14.0. The Balaban J connectivity index is 1.74. The highest BCUT2D eigenvalue weighted by atomic mass is 16.4. The number of carboxylic acid groups (broad SMARTS) is 1. The number of nitrogens with one attached hydrogen (secondary N) is 2. The fraction of sp³-hybridized carbons (Fsp3) is 0.750. The Bertz CT molecular complexity index is 1310. The highest BCUT2D eigenvalue weighted by Crippen LogP contribution is 2.27. The van der Waals surface area contributed by atoms with Crippen molar-refractivity contribution in [1.82, 2.24) is 25.3 Å². The molecule has 50 heavy (non-hydrogen) atoms.